The maximum absolute atomic E-state index is 12.5. The normalized spacial score (nSPS) is 13.3. The second-order valence-electron chi connectivity index (χ2n) is 8.78. The molecule has 1 saturated heterocycles. The molecule has 0 aliphatic carbocycles. The Bertz CT molecular complexity index is 1070. The fourth-order valence-corrected chi connectivity index (χ4v) is 3.69. The molecular formula is C27H36N6O7. The van der Waals surface area contributed by atoms with E-state index < -0.39 is 5.97 Å². The van der Waals surface area contributed by atoms with Crippen LogP contribution in [0.1, 0.15) is 35.2 Å². The lowest BCUT2D eigenvalue weighted by molar-refractivity contribution is -0.138. The summed E-state index contributed by atoms with van der Waals surface area (Å²) < 4.78 is 21.4. The molecule has 3 rings (SSSR count). The van der Waals surface area contributed by atoms with Crippen molar-refractivity contribution < 1.29 is 33.6 Å². The zero-order valence-electron chi connectivity index (χ0n) is 22.6. The van der Waals surface area contributed by atoms with E-state index in [0.29, 0.717) is 95.2 Å². The number of hydrogen-bond acceptors (Lipinski definition) is 12. The van der Waals surface area contributed by atoms with Crippen LogP contribution in [0, 0.1) is 12.3 Å². The van der Waals surface area contributed by atoms with Crippen molar-refractivity contribution in [3.63, 3.8) is 0 Å². The molecule has 1 aliphatic heterocycles. The third kappa shape index (κ3) is 11.2. The van der Waals surface area contributed by atoms with Gasteiger partial charge in [0.15, 0.2) is 5.78 Å². The fraction of sp³-hybridized carbons (Fsp3) is 0.556. The molecule has 2 aromatic rings. The molecule has 0 atom stereocenters. The molecule has 1 aliphatic rings. The molecule has 1 fully saturated rings. The Morgan fingerprint density at radius 1 is 0.725 bits per heavy atom. The second-order valence-corrected chi connectivity index (χ2v) is 8.78. The molecule has 1 N–H and O–H groups in total. The lowest BCUT2D eigenvalue weighted by Crippen LogP contribution is -2.47. The van der Waals surface area contributed by atoms with Crippen LogP contribution in [-0.2, 0) is 23.7 Å². The van der Waals surface area contributed by atoms with Crippen molar-refractivity contribution in [2.45, 2.75) is 19.3 Å². The summed E-state index contributed by atoms with van der Waals surface area (Å²) in [6.45, 7) is 5.97. The Morgan fingerprint density at radius 2 is 1.18 bits per heavy atom. The minimum Gasteiger partial charge on any atom is -0.481 e. The summed E-state index contributed by atoms with van der Waals surface area (Å²) >= 11 is 0. The van der Waals surface area contributed by atoms with Crippen LogP contribution < -0.4 is 9.80 Å². The number of anilines is 2. The van der Waals surface area contributed by atoms with E-state index in [9.17, 15) is 9.59 Å². The number of aliphatic carboxylic acids is 1. The Kier molecular flexibility index (Phi) is 13.7. The average molecular weight is 557 g/mol. The molecular weight excluding hydrogens is 520 g/mol. The fourth-order valence-electron chi connectivity index (χ4n) is 3.69. The largest absolute Gasteiger partial charge is 0.481 e. The number of ketones is 1. The Balaban J connectivity index is 1.20. The van der Waals surface area contributed by atoms with Gasteiger partial charge in [0.2, 0.25) is 11.9 Å². The second kappa shape index (κ2) is 17.8. The van der Waals surface area contributed by atoms with E-state index in [2.05, 4.69) is 35.7 Å². The van der Waals surface area contributed by atoms with Gasteiger partial charge in [0, 0.05) is 64.0 Å². The summed E-state index contributed by atoms with van der Waals surface area (Å²) in [5.74, 6) is 2.86. The first kappa shape index (κ1) is 30.8. The van der Waals surface area contributed by atoms with Crippen LogP contribution in [-0.4, -0.2) is 116 Å². The molecule has 0 aromatic carbocycles. The number of terminal acetylenes is 1. The molecule has 2 aromatic heterocycles. The lowest BCUT2D eigenvalue weighted by atomic mass is 10.1. The average Bonchev–Trinajstić information content (AvgIpc) is 2.99. The number of carbonyl (C=O) groups excluding carboxylic acids is 1. The molecule has 0 radical (unpaired) electrons. The highest BCUT2D eigenvalue weighted by atomic mass is 16.6. The lowest BCUT2D eigenvalue weighted by Gasteiger charge is -2.34. The van der Waals surface area contributed by atoms with E-state index >= 15 is 0 Å². The number of ether oxygens (including phenoxy) is 4. The van der Waals surface area contributed by atoms with Crippen molar-refractivity contribution in [2.24, 2.45) is 0 Å². The maximum Gasteiger partial charge on any atom is 0.305 e. The summed E-state index contributed by atoms with van der Waals surface area (Å²) in [7, 11) is 0. The summed E-state index contributed by atoms with van der Waals surface area (Å²) in [5, 5.41) is 8.50. The zero-order chi connectivity index (χ0) is 28.4. The molecule has 0 spiro atoms. The number of carboxylic acids is 1. The highest BCUT2D eigenvalue weighted by molar-refractivity contribution is 5.95. The SMILES string of the molecule is C#Cc1cnc(N2CCN(c3ncc(C(=O)CCCOCCOCCOCCOCCC(=O)O)cn3)CC2)nc1. The molecule has 3 heterocycles. The van der Waals surface area contributed by atoms with Gasteiger partial charge in [-0.25, -0.2) is 19.9 Å². The Hall–Kier alpha value is -3.70. The Morgan fingerprint density at radius 3 is 1.65 bits per heavy atom. The third-order valence-electron chi connectivity index (χ3n) is 5.88. The van der Waals surface area contributed by atoms with Gasteiger partial charge in [0.25, 0.3) is 0 Å². The number of carbonyl (C=O) groups is 2. The van der Waals surface area contributed by atoms with Crippen LogP contribution in [0.4, 0.5) is 11.9 Å². The van der Waals surface area contributed by atoms with Gasteiger partial charge in [0.05, 0.1) is 63.8 Å². The predicted molar refractivity (Wildman–Crippen MR) is 146 cm³/mol. The van der Waals surface area contributed by atoms with Gasteiger partial charge in [-0.2, -0.15) is 0 Å². The number of rotatable bonds is 19. The Labute approximate surface area is 233 Å². The predicted octanol–water partition coefficient (Wildman–Crippen LogP) is 1.08. The summed E-state index contributed by atoms with van der Waals surface area (Å²) in [6.07, 6.45) is 12.7. The smallest absolute Gasteiger partial charge is 0.305 e. The number of carboxylic acid groups (broad SMARTS) is 1. The highest BCUT2D eigenvalue weighted by Crippen LogP contribution is 2.15. The van der Waals surface area contributed by atoms with Crippen LogP contribution >= 0.6 is 0 Å². The first-order valence-electron chi connectivity index (χ1n) is 13.2. The van der Waals surface area contributed by atoms with Crippen LogP contribution in [0.3, 0.4) is 0 Å². The van der Waals surface area contributed by atoms with Gasteiger partial charge in [-0.3, -0.25) is 9.59 Å². The van der Waals surface area contributed by atoms with Gasteiger partial charge in [-0.1, -0.05) is 5.92 Å². The third-order valence-corrected chi connectivity index (χ3v) is 5.88. The number of Topliss-reactive ketones (excluding diaryl/α,β-unsaturated/α-hetero) is 1. The summed E-state index contributed by atoms with van der Waals surface area (Å²) in [6, 6.07) is 0. The number of nitrogens with zero attached hydrogens (tertiary/aromatic N) is 6. The van der Waals surface area contributed by atoms with Crippen molar-refractivity contribution in [2.75, 3.05) is 88.8 Å². The number of hydrogen-bond donors (Lipinski definition) is 1. The summed E-state index contributed by atoms with van der Waals surface area (Å²) in [5.41, 5.74) is 1.14. The van der Waals surface area contributed by atoms with E-state index in [-0.39, 0.29) is 18.8 Å². The van der Waals surface area contributed by atoms with E-state index in [4.69, 9.17) is 30.5 Å². The standard InChI is InChI=1S/C27H36N6O7/c1-2-22-18-28-26(29-19-22)32-6-8-33(9-7-32)27-30-20-23(21-31-27)24(34)4-3-10-37-12-14-39-16-17-40-15-13-38-11-5-25(35)36/h1,18-21H,3-17H2,(H,35,36). The van der Waals surface area contributed by atoms with Crippen LogP contribution in [0.2, 0.25) is 0 Å². The van der Waals surface area contributed by atoms with Crippen LogP contribution in [0.5, 0.6) is 0 Å². The van der Waals surface area contributed by atoms with Crippen molar-refractivity contribution in [3.8, 4) is 12.3 Å². The first-order valence-corrected chi connectivity index (χ1v) is 13.2. The molecule has 0 amide bonds. The van der Waals surface area contributed by atoms with Crippen molar-refractivity contribution in [1.29, 1.82) is 0 Å². The molecule has 40 heavy (non-hydrogen) atoms. The van der Waals surface area contributed by atoms with Gasteiger partial charge in [-0.15, -0.1) is 6.42 Å². The van der Waals surface area contributed by atoms with Gasteiger partial charge in [0.1, 0.15) is 0 Å². The van der Waals surface area contributed by atoms with E-state index in [1.165, 1.54) is 0 Å². The van der Waals surface area contributed by atoms with Crippen molar-refractivity contribution >= 4 is 23.6 Å². The molecule has 0 unspecified atom stereocenters. The topological polar surface area (TPSA) is 149 Å². The number of aromatic nitrogens is 4. The van der Waals surface area contributed by atoms with Gasteiger partial charge in [-0.05, 0) is 6.42 Å². The molecule has 13 nitrogen and oxygen atoms in total. The maximum atomic E-state index is 12.5. The monoisotopic (exact) mass is 556 g/mol. The quantitative estimate of drug-likeness (QED) is 0.149. The highest BCUT2D eigenvalue weighted by Gasteiger charge is 2.21. The molecule has 13 heteroatoms. The van der Waals surface area contributed by atoms with Crippen molar-refractivity contribution in [1.82, 2.24) is 19.9 Å². The van der Waals surface area contributed by atoms with Gasteiger partial charge < -0.3 is 33.9 Å². The van der Waals surface area contributed by atoms with Crippen LogP contribution in [0.25, 0.3) is 0 Å². The molecule has 0 saturated carbocycles. The minimum absolute atomic E-state index is 0.0135. The van der Waals surface area contributed by atoms with Crippen molar-refractivity contribution in [3.05, 3.63) is 35.9 Å². The molecule has 0 bridgehead atoms. The molecule has 216 valence electrons. The van der Waals surface area contributed by atoms with E-state index in [1.807, 2.05) is 0 Å². The van der Waals surface area contributed by atoms with Gasteiger partial charge >= 0.3 is 5.97 Å². The van der Waals surface area contributed by atoms with E-state index in [1.54, 1.807) is 24.8 Å². The van der Waals surface area contributed by atoms with E-state index in [0.717, 1.165) is 13.1 Å². The zero-order valence-corrected chi connectivity index (χ0v) is 22.6. The summed E-state index contributed by atoms with van der Waals surface area (Å²) in [4.78, 5) is 44.4. The number of piperazine rings is 1. The first-order chi connectivity index (χ1) is 19.6. The van der Waals surface area contributed by atoms with Crippen LogP contribution in [0.15, 0.2) is 24.8 Å². The minimum atomic E-state index is -0.883.